The Morgan fingerprint density at radius 3 is 2.21 bits per heavy atom. The van der Waals surface area contributed by atoms with Crippen LogP contribution in [0.1, 0.15) is 19.3 Å². The molecule has 0 saturated carbocycles. The fourth-order valence-corrected chi connectivity index (χ4v) is 3.46. The van der Waals surface area contributed by atoms with Crippen LogP contribution in [0.2, 0.25) is 0 Å². The SMILES string of the molecule is COC(=O)c1ccc(C(=O)Nc2ccc(OC)c(-c3ccc(OC)cc3)c2)s1. The Kier molecular flexibility index (Phi) is 5.96. The summed E-state index contributed by atoms with van der Waals surface area (Å²) in [5, 5.41) is 2.85. The first-order valence-electron chi connectivity index (χ1n) is 8.37. The van der Waals surface area contributed by atoms with Crippen LogP contribution in [0.5, 0.6) is 11.5 Å². The van der Waals surface area contributed by atoms with Gasteiger partial charge in [-0.1, -0.05) is 12.1 Å². The Balaban J connectivity index is 1.85. The van der Waals surface area contributed by atoms with E-state index in [-0.39, 0.29) is 5.91 Å². The van der Waals surface area contributed by atoms with Crippen LogP contribution in [0.15, 0.2) is 54.6 Å². The molecule has 144 valence electrons. The summed E-state index contributed by atoms with van der Waals surface area (Å²) in [5.41, 5.74) is 2.38. The van der Waals surface area contributed by atoms with Crippen molar-refractivity contribution in [3.63, 3.8) is 0 Å². The number of hydrogen-bond donors (Lipinski definition) is 1. The highest BCUT2D eigenvalue weighted by atomic mass is 32.1. The number of methoxy groups -OCH3 is 3. The highest BCUT2D eigenvalue weighted by Crippen LogP contribution is 2.33. The van der Waals surface area contributed by atoms with Crippen LogP contribution in [0.3, 0.4) is 0 Å². The molecular formula is C21H19NO5S. The summed E-state index contributed by atoms with van der Waals surface area (Å²) in [6.07, 6.45) is 0. The lowest BCUT2D eigenvalue weighted by atomic mass is 10.0. The summed E-state index contributed by atoms with van der Waals surface area (Å²) in [7, 11) is 4.52. The van der Waals surface area contributed by atoms with Gasteiger partial charge in [0, 0.05) is 11.3 Å². The van der Waals surface area contributed by atoms with E-state index in [9.17, 15) is 9.59 Å². The summed E-state index contributed by atoms with van der Waals surface area (Å²) in [4.78, 5) is 24.9. The first-order chi connectivity index (χ1) is 13.5. The number of amides is 1. The number of nitrogens with one attached hydrogen (secondary N) is 1. The second-order valence-electron chi connectivity index (χ2n) is 5.75. The van der Waals surface area contributed by atoms with E-state index < -0.39 is 5.97 Å². The zero-order valence-electron chi connectivity index (χ0n) is 15.6. The van der Waals surface area contributed by atoms with Gasteiger partial charge in [-0.25, -0.2) is 4.79 Å². The van der Waals surface area contributed by atoms with Gasteiger partial charge in [0.2, 0.25) is 0 Å². The fourth-order valence-electron chi connectivity index (χ4n) is 2.64. The van der Waals surface area contributed by atoms with Gasteiger partial charge in [0.05, 0.1) is 26.2 Å². The van der Waals surface area contributed by atoms with E-state index in [0.717, 1.165) is 28.2 Å². The van der Waals surface area contributed by atoms with Crippen molar-refractivity contribution in [3.05, 3.63) is 64.4 Å². The van der Waals surface area contributed by atoms with Crippen LogP contribution >= 0.6 is 11.3 Å². The second kappa shape index (κ2) is 8.58. The number of carbonyl (C=O) groups is 2. The molecule has 3 aromatic rings. The lowest BCUT2D eigenvalue weighted by Crippen LogP contribution is -2.10. The highest BCUT2D eigenvalue weighted by Gasteiger charge is 2.15. The van der Waals surface area contributed by atoms with Gasteiger partial charge in [-0.15, -0.1) is 11.3 Å². The molecule has 0 unspecified atom stereocenters. The molecule has 1 N–H and O–H groups in total. The predicted octanol–water partition coefficient (Wildman–Crippen LogP) is 4.47. The molecule has 1 aromatic heterocycles. The Morgan fingerprint density at radius 2 is 1.57 bits per heavy atom. The molecule has 6 nitrogen and oxygen atoms in total. The molecule has 0 radical (unpaired) electrons. The Bertz CT molecular complexity index is 994. The van der Waals surface area contributed by atoms with Crippen molar-refractivity contribution in [2.45, 2.75) is 0 Å². The third kappa shape index (κ3) is 4.15. The van der Waals surface area contributed by atoms with E-state index in [0.29, 0.717) is 21.2 Å². The smallest absolute Gasteiger partial charge is 0.348 e. The van der Waals surface area contributed by atoms with Crippen LogP contribution in [-0.2, 0) is 4.74 Å². The molecule has 0 aliphatic heterocycles. The predicted molar refractivity (Wildman–Crippen MR) is 109 cm³/mol. The van der Waals surface area contributed by atoms with E-state index in [2.05, 4.69) is 10.1 Å². The number of anilines is 1. The Labute approximate surface area is 166 Å². The van der Waals surface area contributed by atoms with Crippen LogP contribution in [-0.4, -0.2) is 33.2 Å². The van der Waals surface area contributed by atoms with E-state index >= 15 is 0 Å². The third-order valence-electron chi connectivity index (χ3n) is 4.07. The zero-order chi connectivity index (χ0) is 20.1. The molecule has 0 aliphatic rings. The first-order valence-corrected chi connectivity index (χ1v) is 9.19. The molecule has 1 amide bonds. The van der Waals surface area contributed by atoms with Gasteiger partial charge in [0.25, 0.3) is 5.91 Å². The van der Waals surface area contributed by atoms with Crippen molar-refractivity contribution < 1.29 is 23.8 Å². The maximum atomic E-state index is 12.5. The normalized spacial score (nSPS) is 10.2. The van der Waals surface area contributed by atoms with Crippen molar-refractivity contribution >= 4 is 28.9 Å². The fraction of sp³-hybridized carbons (Fsp3) is 0.143. The van der Waals surface area contributed by atoms with Gasteiger partial charge in [0.1, 0.15) is 16.4 Å². The topological polar surface area (TPSA) is 73.9 Å². The number of ether oxygens (including phenoxy) is 3. The van der Waals surface area contributed by atoms with Gasteiger partial charge < -0.3 is 19.5 Å². The maximum Gasteiger partial charge on any atom is 0.348 e. The van der Waals surface area contributed by atoms with Crippen molar-refractivity contribution in [2.24, 2.45) is 0 Å². The van der Waals surface area contributed by atoms with Gasteiger partial charge in [-0.2, -0.15) is 0 Å². The maximum absolute atomic E-state index is 12.5. The van der Waals surface area contributed by atoms with Crippen molar-refractivity contribution in [2.75, 3.05) is 26.6 Å². The molecule has 2 aromatic carbocycles. The lowest BCUT2D eigenvalue weighted by Gasteiger charge is -2.12. The number of esters is 1. The van der Waals surface area contributed by atoms with Crippen LogP contribution in [0.25, 0.3) is 11.1 Å². The summed E-state index contributed by atoms with van der Waals surface area (Å²) < 4.78 is 15.3. The molecule has 0 bridgehead atoms. The first kappa shape index (κ1) is 19.4. The number of thiophene rings is 1. The number of carbonyl (C=O) groups excluding carboxylic acids is 2. The van der Waals surface area contributed by atoms with E-state index in [1.54, 1.807) is 38.5 Å². The molecule has 0 saturated heterocycles. The Hall–Kier alpha value is -3.32. The van der Waals surface area contributed by atoms with E-state index in [1.165, 1.54) is 7.11 Å². The summed E-state index contributed by atoms with van der Waals surface area (Å²) in [6.45, 7) is 0. The van der Waals surface area contributed by atoms with Crippen LogP contribution < -0.4 is 14.8 Å². The minimum absolute atomic E-state index is 0.300. The quantitative estimate of drug-likeness (QED) is 0.621. The molecule has 0 fully saturated rings. The van der Waals surface area contributed by atoms with Crippen LogP contribution in [0, 0.1) is 0 Å². The lowest BCUT2D eigenvalue weighted by molar-refractivity contribution is 0.0606. The van der Waals surface area contributed by atoms with Crippen LogP contribution in [0.4, 0.5) is 5.69 Å². The minimum Gasteiger partial charge on any atom is -0.497 e. The van der Waals surface area contributed by atoms with Crippen molar-refractivity contribution in [1.29, 1.82) is 0 Å². The molecule has 0 atom stereocenters. The number of hydrogen-bond acceptors (Lipinski definition) is 6. The van der Waals surface area contributed by atoms with E-state index in [1.807, 2.05) is 30.3 Å². The molecular weight excluding hydrogens is 378 g/mol. The van der Waals surface area contributed by atoms with E-state index in [4.69, 9.17) is 9.47 Å². The molecule has 7 heteroatoms. The minimum atomic E-state index is -0.463. The van der Waals surface area contributed by atoms with Crippen molar-refractivity contribution in [1.82, 2.24) is 0 Å². The summed E-state index contributed by atoms with van der Waals surface area (Å²) in [6, 6.07) is 16.1. The van der Waals surface area contributed by atoms with Gasteiger partial charge in [-0.3, -0.25) is 4.79 Å². The zero-order valence-corrected chi connectivity index (χ0v) is 16.5. The summed E-state index contributed by atoms with van der Waals surface area (Å²) in [5.74, 6) is 0.680. The number of benzene rings is 2. The Morgan fingerprint density at radius 1 is 0.857 bits per heavy atom. The summed E-state index contributed by atoms with van der Waals surface area (Å²) >= 11 is 1.08. The van der Waals surface area contributed by atoms with Gasteiger partial charge >= 0.3 is 5.97 Å². The standard InChI is InChI=1S/C21H19NO5S/c1-25-15-7-4-13(5-8-15)16-12-14(6-9-17(16)26-2)22-20(23)18-10-11-19(28-18)21(24)27-3/h4-12H,1-3H3,(H,22,23). The molecule has 0 aliphatic carbocycles. The van der Waals surface area contributed by atoms with Crippen molar-refractivity contribution in [3.8, 4) is 22.6 Å². The highest BCUT2D eigenvalue weighted by molar-refractivity contribution is 7.16. The average Bonchev–Trinajstić information content (AvgIpc) is 3.23. The second-order valence-corrected chi connectivity index (χ2v) is 6.84. The monoisotopic (exact) mass is 397 g/mol. The van der Waals surface area contributed by atoms with Gasteiger partial charge in [0.15, 0.2) is 0 Å². The molecule has 0 spiro atoms. The molecule has 1 heterocycles. The molecule has 28 heavy (non-hydrogen) atoms. The molecule has 3 rings (SSSR count). The number of rotatable bonds is 6. The third-order valence-corrected chi connectivity index (χ3v) is 5.14. The largest absolute Gasteiger partial charge is 0.497 e. The average molecular weight is 397 g/mol. The van der Waals surface area contributed by atoms with Gasteiger partial charge in [-0.05, 0) is 48.0 Å².